The Balaban J connectivity index is 1.77. The molecule has 0 bridgehead atoms. The van der Waals surface area contributed by atoms with E-state index in [1.165, 1.54) is 4.90 Å². The summed E-state index contributed by atoms with van der Waals surface area (Å²) in [4.78, 5) is 27.9. The molecule has 4 nitrogen and oxygen atoms in total. The molecule has 4 heteroatoms. The highest BCUT2D eigenvalue weighted by atomic mass is 16.2. The van der Waals surface area contributed by atoms with E-state index in [9.17, 15) is 9.59 Å². The van der Waals surface area contributed by atoms with Gasteiger partial charge in [0.15, 0.2) is 0 Å². The molecule has 0 spiro atoms. The first-order valence-electron chi connectivity index (χ1n) is 7.36. The number of benzene rings is 2. The highest BCUT2D eigenvalue weighted by Crippen LogP contribution is 2.22. The minimum atomic E-state index is -0.420. The summed E-state index contributed by atoms with van der Waals surface area (Å²) < 4.78 is 0. The molecule has 1 atom stereocenters. The van der Waals surface area contributed by atoms with Crippen LogP contribution in [0.5, 0.6) is 0 Å². The number of imide groups is 1. The van der Waals surface area contributed by atoms with Crippen LogP contribution >= 0.6 is 0 Å². The van der Waals surface area contributed by atoms with Crippen LogP contribution in [0.1, 0.15) is 18.1 Å². The first-order valence-corrected chi connectivity index (χ1v) is 7.36. The first-order chi connectivity index (χ1) is 10.7. The van der Waals surface area contributed by atoms with E-state index in [-0.39, 0.29) is 11.9 Å². The van der Waals surface area contributed by atoms with Gasteiger partial charge in [-0.05, 0) is 18.1 Å². The Hall–Kier alpha value is -2.62. The molecule has 1 aliphatic heterocycles. The zero-order valence-corrected chi connectivity index (χ0v) is 12.5. The van der Waals surface area contributed by atoms with Crippen molar-refractivity contribution in [3.63, 3.8) is 0 Å². The van der Waals surface area contributed by atoms with E-state index in [2.05, 4.69) is 0 Å². The van der Waals surface area contributed by atoms with E-state index < -0.39 is 6.04 Å². The fraction of sp³-hybridized carbons (Fsp3) is 0.222. The quantitative estimate of drug-likeness (QED) is 0.813. The van der Waals surface area contributed by atoms with Gasteiger partial charge in [-0.3, -0.25) is 9.69 Å². The third kappa shape index (κ3) is 2.72. The molecule has 3 rings (SSSR count). The Morgan fingerprint density at radius 2 is 1.32 bits per heavy atom. The van der Waals surface area contributed by atoms with Gasteiger partial charge in [-0.15, -0.1) is 0 Å². The van der Waals surface area contributed by atoms with E-state index in [4.69, 9.17) is 0 Å². The van der Waals surface area contributed by atoms with Crippen LogP contribution in [0, 0.1) is 0 Å². The summed E-state index contributed by atoms with van der Waals surface area (Å²) in [5.41, 5.74) is 1.98. The van der Waals surface area contributed by atoms with Gasteiger partial charge in [0, 0.05) is 6.54 Å². The molecule has 0 aromatic heterocycles. The molecule has 1 heterocycles. The summed E-state index contributed by atoms with van der Waals surface area (Å²) in [6.07, 6.45) is 0. The van der Waals surface area contributed by atoms with Crippen LogP contribution in [-0.2, 0) is 17.9 Å². The number of hydrogen-bond acceptors (Lipinski definition) is 2. The number of carbonyl (C=O) groups is 2. The predicted molar refractivity (Wildman–Crippen MR) is 83.8 cm³/mol. The lowest BCUT2D eigenvalue weighted by Gasteiger charge is -2.19. The maximum absolute atomic E-state index is 12.6. The van der Waals surface area contributed by atoms with E-state index >= 15 is 0 Å². The lowest BCUT2D eigenvalue weighted by atomic mass is 10.2. The topological polar surface area (TPSA) is 40.6 Å². The molecule has 0 saturated carbocycles. The van der Waals surface area contributed by atoms with Gasteiger partial charge in [0.25, 0.3) is 5.91 Å². The molecule has 0 unspecified atom stereocenters. The van der Waals surface area contributed by atoms with Crippen molar-refractivity contribution in [1.82, 2.24) is 9.80 Å². The smallest absolute Gasteiger partial charge is 0.308 e. The van der Waals surface area contributed by atoms with Crippen molar-refractivity contribution >= 4 is 11.9 Å². The van der Waals surface area contributed by atoms with E-state index in [0.29, 0.717) is 13.1 Å². The average Bonchev–Trinajstić information content (AvgIpc) is 2.75. The second-order valence-corrected chi connectivity index (χ2v) is 5.48. The summed E-state index contributed by atoms with van der Waals surface area (Å²) in [6.45, 7) is 2.57. The van der Waals surface area contributed by atoms with Crippen LogP contribution in [-0.4, -0.2) is 27.8 Å². The van der Waals surface area contributed by atoms with Crippen molar-refractivity contribution in [3.05, 3.63) is 71.8 Å². The number of rotatable bonds is 4. The highest BCUT2D eigenvalue weighted by Gasteiger charge is 2.42. The fourth-order valence-electron chi connectivity index (χ4n) is 2.67. The van der Waals surface area contributed by atoms with Gasteiger partial charge in [-0.1, -0.05) is 60.7 Å². The van der Waals surface area contributed by atoms with Gasteiger partial charge in [-0.25, -0.2) is 4.79 Å². The van der Waals surface area contributed by atoms with Gasteiger partial charge >= 0.3 is 6.03 Å². The van der Waals surface area contributed by atoms with Crippen molar-refractivity contribution in [2.75, 3.05) is 0 Å². The third-order valence-electron chi connectivity index (χ3n) is 3.95. The first kappa shape index (κ1) is 14.3. The number of urea groups is 1. The zero-order chi connectivity index (χ0) is 15.5. The number of nitrogens with zero attached hydrogens (tertiary/aromatic N) is 2. The standard InChI is InChI=1S/C18H18N2O2/c1-14-17(21)20(13-16-10-6-3-7-11-16)18(22)19(14)12-15-8-4-2-5-9-15/h2-11,14H,12-13H2,1H3/t14-/m0/s1. The maximum Gasteiger partial charge on any atom is 0.328 e. The highest BCUT2D eigenvalue weighted by molar-refractivity contribution is 6.03. The molecular formula is C18H18N2O2. The molecule has 0 aliphatic carbocycles. The van der Waals surface area contributed by atoms with Crippen molar-refractivity contribution in [2.45, 2.75) is 26.1 Å². The Morgan fingerprint density at radius 3 is 1.86 bits per heavy atom. The summed E-state index contributed by atoms with van der Waals surface area (Å²) >= 11 is 0. The maximum atomic E-state index is 12.6. The van der Waals surface area contributed by atoms with Crippen LogP contribution in [0.15, 0.2) is 60.7 Å². The summed E-state index contributed by atoms with van der Waals surface area (Å²) in [5, 5.41) is 0. The van der Waals surface area contributed by atoms with E-state index in [1.807, 2.05) is 60.7 Å². The molecule has 1 aliphatic rings. The molecule has 2 aromatic carbocycles. The van der Waals surface area contributed by atoms with E-state index in [1.54, 1.807) is 11.8 Å². The minimum absolute atomic E-state index is 0.134. The van der Waals surface area contributed by atoms with Crippen molar-refractivity contribution < 1.29 is 9.59 Å². The van der Waals surface area contributed by atoms with E-state index in [0.717, 1.165) is 11.1 Å². The Labute approximate surface area is 130 Å². The molecule has 22 heavy (non-hydrogen) atoms. The van der Waals surface area contributed by atoms with Gasteiger partial charge in [0.2, 0.25) is 0 Å². The average molecular weight is 294 g/mol. The Kier molecular flexibility index (Phi) is 3.92. The molecule has 0 radical (unpaired) electrons. The Bertz CT molecular complexity index is 670. The molecule has 0 N–H and O–H groups in total. The summed E-state index contributed by atoms with van der Waals surface area (Å²) in [6, 6.07) is 18.7. The van der Waals surface area contributed by atoms with Crippen molar-refractivity contribution in [1.29, 1.82) is 0 Å². The number of hydrogen-bond donors (Lipinski definition) is 0. The number of carbonyl (C=O) groups excluding carboxylic acids is 2. The third-order valence-corrected chi connectivity index (χ3v) is 3.95. The second-order valence-electron chi connectivity index (χ2n) is 5.48. The normalized spacial score (nSPS) is 18.1. The largest absolute Gasteiger partial charge is 0.328 e. The van der Waals surface area contributed by atoms with Crippen LogP contribution < -0.4 is 0 Å². The summed E-state index contributed by atoms with van der Waals surface area (Å²) in [5.74, 6) is -0.134. The van der Waals surface area contributed by atoms with Crippen LogP contribution in [0.4, 0.5) is 4.79 Å². The molecule has 1 saturated heterocycles. The van der Waals surface area contributed by atoms with Gasteiger partial charge in [-0.2, -0.15) is 0 Å². The lowest BCUT2D eigenvalue weighted by molar-refractivity contribution is -0.128. The SMILES string of the molecule is C[C@H]1C(=O)N(Cc2ccccc2)C(=O)N1Cc1ccccc1. The lowest BCUT2D eigenvalue weighted by Crippen LogP contribution is -2.33. The molecule has 112 valence electrons. The molecule has 2 aromatic rings. The monoisotopic (exact) mass is 294 g/mol. The minimum Gasteiger partial charge on any atom is -0.308 e. The van der Waals surface area contributed by atoms with Gasteiger partial charge in [0.05, 0.1) is 6.54 Å². The number of amides is 3. The van der Waals surface area contributed by atoms with Crippen molar-refractivity contribution in [3.8, 4) is 0 Å². The second kappa shape index (κ2) is 6.02. The zero-order valence-electron chi connectivity index (χ0n) is 12.5. The fourth-order valence-corrected chi connectivity index (χ4v) is 2.67. The molecule has 1 fully saturated rings. The van der Waals surface area contributed by atoms with Gasteiger partial charge < -0.3 is 4.90 Å². The molecular weight excluding hydrogens is 276 g/mol. The van der Waals surface area contributed by atoms with Crippen LogP contribution in [0.3, 0.4) is 0 Å². The molecule has 3 amide bonds. The van der Waals surface area contributed by atoms with Gasteiger partial charge in [0.1, 0.15) is 6.04 Å². The van der Waals surface area contributed by atoms with Crippen LogP contribution in [0.2, 0.25) is 0 Å². The van der Waals surface area contributed by atoms with Crippen LogP contribution in [0.25, 0.3) is 0 Å². The predicted octanol–water partition coefficient (Wildman–Crippen LogP) is 3.04. The summed E-state index contributed by atoms with van der Waals surface area (Å²) in [7, 11) is 0. The van der Waals surface area contributed by atoms with Crippen molar-refractivity contribution in [2.24, 2.45) is 0 Å². The Morgan fingerprint density at radius 1 is 0.818 bits per heavy atom.